The summed E-state index contributed by atoms with van der Waals surface area (Å²) < 4.78 is 0. The number of nitrogens with zero attached hydrogens (tertiary/aromatic N) is 2. The van der Waals surface area contributed by atoms with Crippen LogP contribution in [0.15, 0.2) is 24.4 Å². The van der Waals surface area contributed by atoms with E-state index in [1.54, 1.807) is 6.20 Å². The Morgan fingerprint density at radius 2 is 2.10 bits per heavy atom. The Balaban J connectivity index is 1.83. The number of piperidine rings is 1. The molecular formula is C14H19N3O3. The molecule has 1 unspecified atom stereocenters. The van der Waals surface area contributed by atoms with Gasteiger partial charge in [0.05, 0.1) is 0 Å². The van der Waals surface area contributed by atoms with Crippen LogP contribution in [0.1, 0.15) is 19.8 Å². The van der Waals surface area contributed by atoms with Gasteiger partial charge in [-0.1, -0.05) is 6.07 Å². The predicted molar refractivity (Wildman–Crippen MR) is 74.4 cm³/mol. The fourth-order valence-electron chi connectivity index (χ4n) is 2.23. The van der Waals surface area contributed by atoms with Crippen molar-refractivity contribution in [1.29, 1.82) is 0 Å². The number of hydrogen-bond donors (Lipinski definition) is 2. The third kappa shape index (κ3) is 3.46. The van der Waals surface area contributed by atoms with Crippen LogP contribution in [0.2, 0.25) is 0 Å². The first-order chi connectivity index (χ1) is 9.58. The highest BCUT2D eigenvalue weighted by Gasteiger charge is 2.26. The molecule has 1 amide bonds. The largest absolute Gasteiger partial charge is 0.481 e. The zero-order valence-electron chi connectivity index (χ0n) is 11.5. The van der Waals surface area contributed by atoms with Crippen LogP contribution in [-0.4, -0.2) is 41.1 Å². The number of aliphatic carboxylic acids is 1. The molecule has 1 aromatic heterocycles. The number of carboxylic acid groups (broad SMARTS) is 1. The van der Waals surface area contributed by atoms with Crippen LogP contribution in [0.3, 0.4) is 0 Å². The minimum absolute atomic E-state index is 0.0456. The molecule has 0 radical (unpaired) electrons. The fourth-order valence-corrected chi connectivity index (χ4v) is 2.23. The lowest BCUT2D eigenvalue weighted by molar-refractivity contribution is -0.146. The van der Waals surface area contributed by atoms with Crippen LogP contribution < -0.4 is 10.2 Å². The second kappa shape index (κ2) is 6.36. The van der Waals surface area contributed by atoms with Gasteiger partial charge in [0.25, 0.3) is 0 Å². The molecule has 0 saturated carbocycles. The Morgan fingerprint density at radius 1 is 1.40 bits per heavy atom. The van der Waals surface area contributed by atoms with Gasteiger partial charge in [0.1, 0.15) is 11.7 Å². The van der Waals surface area contributed by atoms with E-state index >= 15 is 0 Å². The zero-order chi connectivity index (χ0) is 14.5. The molecular weight excluding hydrogens is 258 g/mol. The molecule has 6 nitrogen and oxygen atoms in total. The van der Waals surface area contributed by atoms with E-state index < -0.39 is 17.8 Å². The van der Waals surface area contributed by atoms with Crippen LogP contribution in [0.5, 0.6) is 0 Å². The first-order valence-corrected chi connectivity index (χ1v) is 6.77. The van der Waals surface area contributed by atoms with Gasteiger partial charge in [-0.15, -0.1) is 0 Å². The van der Waals surface area contributed by atoms with Crippen molar-refractivity contribution in [1.82, 2.24) is 10.3 Å². The van der Waals surface area contributed by atoms with E-state index in [-0.39, 0.29) is 6.04 Å². The number of aromatic nitrogens is 1. The number of pyridine rings is 1. The number of carboxylic acids is 1. The SMILES string of the molecule is CC(C(=O)O)C(=O)NC1CCN(c2ccccn2)CC1. The van der Waals surface area contributed by atoms with Gasteiger partial charge < -0.3 is 15.3 Å². The van der Waals surface area contributed by atoms with E-state index in [0.717, 1.165) is 31.7 Å². The first kappa shape index (κ1) is 14.3. The fraction of sp³-hybridized carbons (Fsp3) is 0.500. The Bertz CT molecular complexity index is 470. The molecule has 1 aromatic rings. The lowest BCUT2D eigenvalue weighted by Gasteiger charge is -2.33. The average Bonchev–Trinajstić information content (AvgIpc) is 2.48. The van der Waals surface area contributed by atoms with Crippen LogP contribution in [0.4, 0.5) is 5.82 Å². The highest BCUT2D eigenvalue weighted by molar-refractivity contribution is 5.96. The molecule has 2 N–H and O–H groups in total. The molecule has 1 saturated heterocycles. The maximum Gasteiger partial charge on any atom is 0.315 e. The van der Waals surface area contributed by atoms with Gasteiger partial charge in [-0.2, -0.15) is 0 Å². The van der Waals surface area contributed by atoms with Gasteiger partial charge in [-0.3, -0.25) is 9.59 Å². The molecule has 0 spiro atoms. The van der Waals surface area contributed by atoms with Crippen molar-refractivity contribution in [2.45, 2.75) is 25.8 Å². The summed E-state index contributed by atoms with van der Waals surface area (Å²) in [4.78, 5) is 28.9. The smallest absolute Gasteiger partial charge is 0.315 e. The first-order valence-electron chi connectivity index (χ1n) is 6.77. The highest BCUT2D eigenvalue weighted by atomic mass is 16.4. The highest BCUT2D eigenvalue weighted by Crippen LogP contribution is 2.17. The van der Waals surface area contributed by atoms with Crippen molar-refractivity contribution in [3.63, 3.8) is 0 Å². The summed E-state index contributed by atoms with van der Waals surface area (Å²) in [5.41, 5.74) is 0. The lowest BCUT2D eigenvalue weighted by Crippen LogP contribution is -2.47. The summed E-state index contributed by atoms with van der Waals surface area (Å²) in [6, 6.07) is 5.84. The molecule has 2 rings (SSSR count). The van der Waals surface area contributed by atoms with Crippen molar-refractivity contribution in [2.24, 2.45) is 5.92 Å². The quantitative estimate of drug-likeness (QED) is 0.799. The number of amides is 1. The van der Waals surface area contributed by atoms with E-state index in [1.807, 2.05) is 18.2 Å². The Kier molecular flexibility index (Phi) is 4.55. The summed E-state index contributed by atoms with van der Waals surface area (Å²) >= 11 is 0. The molecule has 1 fully saturated rings. The van der Waals surface area contributed by atoms with E-state index in [4.69, 9.17) is 5.11 Å². The number of anilines is 1. The lowest BCUT2D eigenvalue weighted by atomic mass is 10.0. The maximum absolute atomic E-state index is 11.7. The normalized spacial score (nSPS) is 17.6. The van der Waals surface area contributed by atoms with Gasteiger partial charge in [0.2, 0.25) is 5.91 Å². The van der Waals surface area contributed by atoms with Gasteiger partial charge in [0.15, 0.2) is 0 Å². The number of nitrogens with one attached hydrogen (secondary N) is 1. The molecule has 1 aliphatic heterocycles. The van der Waals surface area contributed by atoms with Crippen LogP contribution in [0.25, 0.3) is 0 Å². The van der Waals surface area contributed by atoms with E-state index in [2.05, 4.69) is 15.2 Å². The summed E-state index contributed by atoms with van der Waals surface area (Å²) in [7, 11) is 0. The number of rotatable bonds is 4. The molecule has 6 heteroatoms. The minimum Gasteiger partial charge on any atom is -0.481 e. The average molecular weight is 277 g/mol. The molecule has 0 aromatic carbocycles. The maximum atomic E-state index is 11.7. The second-order valence-corrected chi connectivity index (χ2v) is 5.02. The standard InChI is InChI=1S/C14H19N3O3/c1-10(14(19)20)13(18)16-11-5-8-17(9-6-11)12-4-2-3-7-15-12/h2-4,7,10-11H,5-6,8-9H2,1H3,(H,16,18)(H,19,20). The monoisotopic (exact) mass is 277 g/mol. The zero-order valence-corrected chi connectivity index (χ0v) is 11.5. The van der Waals surface area contributed by atoms with Crippen LogP contribution in [0, 0.1) is 5.92 Å². The number of carbonyl (C=O) groups excluding carboxylic acids is 1. The van der Waals surface area contributed by atoms with Crippen molar-refractivity contribution in [2.75, 3.05) is 18.0 Å². The van der Waals surface area contributed by atoms with Gasteiger partial charge >= 0.3 is 5.97 Å². The Labute approximate surface area is 117 Å². The molecule has 1 aliphatic rings. The van der Waals surface area contributed by atoms with Crippen LogP contribution >= 0.6 is 0 Å². The van der Waals surface area contributed by atoms with E-state index in [1.165, 1.54) is 6.92 Å². The summed E-state index contributed by atoms with van der Waals surface area (Å²) in [5, 5.41) is 11.6. The molecule has 0 bridgehead atoms. The van der Waals surface area contributed by atoms with Crippen molar-refractivity contribution >= 4 is 17.7 Å². The number of carbonyl (C=O) groups is 2. The van der Waals surface area contributed by atoms with Crippen molar-refractivity contribution in [3.8, 4) is 0 Å². The molecule has 108 valence electrons. The number of hydrogen-bond acceptors (Lipinski definition) is 4. The summed E-state index contributed by atoms with van der Waals surface area (Å²) in [6.45, 7) is 3.02. The topological polar surface area (TPSA) is 82.5 Å². The van der Waals surface area contributed by atoms with Crippen molar-refractivity contribution < 1.29 is 14.7 Å². The van der Waals surface area contributed by atoms with E-state index in [0.29, 0.717) is 0 Å². The summed E-state index contributed by atoms with van der Waals surface area (Å²) in [5.74, 6) is -1.55. The predicted octanol–water partition coefficient (Wildman–Crippen LogP) is 0.887. The van der Waals surface area contributed by atoms with Crippen molar-refractivity contribution in [3.05, 3.63) is 24.4 Å². The van der Waals surface area contributed by atoms with Crippen LogP contribution in [-0.2, 0) is 9.59 Å². The molecule has 2 heterocycles. The Morgan fingerprint density at radius 3 is 2.65 bits per heavy atom. The second-order valence-electron chi connectivity index (χ2n) is 5.02. The van der Waals surface area contributed by atoms with Gasteiger partial charge in [0, 0.05) is 25.3 Å². The van der Waals surface area contributed by atoms with Gasteiger partial charge in [-0.25, -0.2) is 4.98 Å². The Hall–Kier alpha value is -2.11. The minimum atomic E-state index is -1.09. The van der Waals surface area contributed by atoms with Gasteiger partial charge in [-0.05, 0) is 31.9 Å². The molecule has 0 aliphatic carbocycles. The third-order valence-corrected chi connectivity index (χ3v) is 3.58. The third-order valence-electron chi connectivity index (χ3n) is 3.58. The van der Waals surface area contributed by atoms with E-state index in [9.17, 15) is 9.59 Å². The summed E-state index contributed by atoms with van der Waals surface area (Å²) in [6.07, 6.45) is 3.36. The molecule has 1 atom stereocenters. The molecule has 20 heavy (non-hydrogen) atoms.